The minimum Gasteiger partial charge on any atom is -0.292 e. The average molecular weight is 540 g/mol. The fraction of sp³-hybridized carbons (Fsp3) is 0.162. The van der Waals surface area contributed by atoms with Gasteiger partial charge in [0.2, 0.25) is 0 Å². The van der Waals surface area contributed by atoms with Crippen LogP contribution in [0.5, 0.6) is 0 Å². The average Bonchev–Trinajstić information content (AvgIpc) is 3.55. The molecule has 5 aromatic carbocycles. The number of hydrogen-bond acceptors (Lipinski definition) is 2. The zero-order valence-corrected chi connectivity index (χ0v) is 23.9. The van der Waals surface area contributed by atoms with Crippen LogP contribution in [0.1, 0.15) is 41.6 Å². The Balaban J connectivity index is 1.39. The molecule has 0 unspecified atom stereocenters. The van der Waals surface area contributed by atoms with Crippen LogP contribution in [0, 0.1) is 13.8 Å². The molecule has 0 saturated heterocycles. The standard InChI is InChI=1S/C37H32N2S/c1-23-10-12-25(13-11-23)27-20-24(2)35-31(22-27)30-21-26(14-19-34(30)40-35)36-38-32-8-6-7-9-33(32)39(36)29-17-15-28(16-18-29)37(3,4)5/h6-22H,1-5H3/i1D3. The summed E-state index contributed by atoms with van der Waals surface area (Å²) in [5.74, 6) is 0.916. The number of benzene rings is 5. The van der Waals surface area contributed by atoms with Gasteiger partial charge in [0.25, 0.3) is 0 Å². The summed E-state index contributed by atoms with van der Waals surface area (Å²) < 4.78 is 27.9. The van der Waals surface area contributed by atoms with Crippen LogP contribution in [0.3, 0.4) is 0 Å². The quantitative estimate of drug-likeness (QED) is 0.218. The number of hydrogen-bond donors (Lipinski definition) is 0. The predicted molar refractivity (Wildman–Crippen MR) is 173 cm³/mol. The van der Waals surface area contributed by atoms with Gasteiger partial charge >= 0.3 is 0 Å². The van der Waals surface area contributed by atoms with Gasteiger partial charge in [-0.25, -0.2) is 4.98 Å². The van der Waals surface area contributed by atoms with Crippen molar-refractivity contribution in [1.82, 2.24) is 9.55 Å². The third-order valence-electron chi connectivity index (χ3n) is 7.79. The van der Waals surface area contributed by atoms with Crippen molar-refractivity contribution >= 4 is 42.5 Å². The van der Waals surface area contributed by atoms with E-state index in [1.54, 1.807) is 12.1 Å². The molecular formula is C37H32N2S. The monoisotopic (exact) mass is 539 g/mol. The van der Waals surface area contributed by atoms with Gasteiger partial charge in [0.15, 0.2) is 0 Å². The van der Waals surface area contributed by atoms with Crippen LogP contribution >= 0.6 is 11.3 Å². The highest BCUT2D eigenvalue weighted by molar-refractivity contribution is 7.26. The molecule has 0 radical (unpaired) electrons. The van der Waals surface area contributed by atoms with Gasteiger partial charge in [-0.2, -0.15) is 0 Å². The minimum atomic E-state index is -2.11. The Labute approximate surface area is 243 Å². The zero-order valence-electron chi connectivity index (χ0n) is 26.1. The van der Waals surface area contributed by atoms with Crippen molar-refractivity contribution in [3.05, 3.63) is 120 Å². The molecule has 40 heavy (non-hydrogen) atoms. The number of imidazole rings is 1. The Morgan fingerprint density at radius 2 is 1.48 bits per heavy atom. The van der Waals surface area contributed by atoms with Gasteiger partial charge in [0.05, 0.1) is 11.0 Å². The maximum absolute atomic E-state index is 7.72. The first-order valence-corrected chi connectivity index (χ1v) is 14.5. The van der Waals surface area contributed by atoms with Crippen LogP contribution < -0.4 is 0 Å². The van der Waals surface area contributed by atoms with Gasteiger partial charge in [0.1, 0.15) is 5.82 Å². The summed E-state index contributed by atoms with van der Waals surface area (Å²) in [6.07, 6.45) is 0. The van der Waals surface area contributed by atoms with Crippen LogP contribution in [0.4, 0.5) is 0 Å². The number of aryl methyl sites for hydroxylation is 2. The van der Waals surface area contributed by atoms with E-state index in [-0.39, 0.29) is 5.41 Å². The van der Waals surface area contributed by atoms with E-state index >= 15 is 0 Å². The lowest BCUT2D eigenvalue weighted by atomic mass is 9.87. The molecular weight excluding hydrogens is 504 g/mol. The van der Waals surface area contributed by atoms with Crippen LogP contribution in [-0.2, 0) is 5.41 Å². The SMILES string of the molecule is [2H]C([2H])([2H])c1ccc(-c2cc(C)c3sc4ccc(-c5nc6ccccc6n5-c5ccc(C(C)(C)C)cc5)cc4c3c2)cc1. The van der Waals surface area contributed by atoms with E-state index in [9.17, 15) is 0 Å². The van der Waals surface area contributed by atoms with Crippen molar-refractivity contribution in [2.24, 2.45) is 0 Å². The van der Waals surface area contributed by atoms with Gasteiger partial charge in [-0.1, -0.05) is 74.9 Å². The van der Waals surface area contributed by atoms with E-state index in [0.717, 1.165) is 39.2 Å². The molecule has 0 atom stereocenters. The largest absolute Gasteiger partial charge is 0.292 e. The van der Waals surface area contributed by atoms with Crippen LogP contribution in [0.25, 0.3) is 59.4 Å². The third kappa shape index (κ3) is 4.13. The Morgan fingerprint density at radius 3 is 2.23 bits per heavy atom. The molecule has 2 aromatic heterocycles. The molecule has 0 aliphatic rings. The summed E-state index contributed by atoms with van der Waals surface area (Å²) in [7, 11) is 0. The first-order valence-electron chi connectivity index (χ1n) is 15.1. The second kappa shape index (κ2) is 9.18. The highest BCUT2D eigenvalue weighted by atomic mass is 32.1. The maximum Gasteiger partial charge on any atom is 0.145 e. The van der Waals surface area contributed by atoms with Gasteiger partial charge in [-0.3, -0.25) is 4.57 Å². The molecule has 2 nitrogen and oxygen atoms in total. The molecule has 0 amide bonds. The van der Waals surface area contributed by atoms with Crippen molar-refractivity contribution < 1.29 is 4.11 Å². The van der Waals surface area contributed by atoms with Crippen LogP contribution in [-0.4, -0.2) is 9.55 Å². The second-order valence-electron chi connectivity index (χ2n) is 11.6. The minimum absolute atomic E-state index is 0.0812. The summed E-state index contributed by atoms with van der Waals surface area (Å²) in [6, 6.07) is 35.5. The highest BCUT2D eigenvalue weighted by Crippen LogP contribution is 2.41. The van der Waals surface area contributed by atoms with E-state index in [1.807, 2.05) is 29.5 Å². The molecule has 0 aliphatic carbocycles. The predicted octanol–water partition coefficient (Wildman–Crippen LogP) is 10.6. The normalized spacial score (nSPS) is 13.6. The topological polar surface area (TPSA) is 17.8 Å². The third-order valence-corrected chi connectivity index (χ3v) is 9.11. The van der Waals surface area contributed by atoms with Crippen molar-refractivity contribution in [2.75, 3.05) is 0 Å². The first-order chi connectivity index (χ1) is 20.5. The van der Waals surface area contributed by atoms with Crippen LogP contribution in [0.15, 0.2) is 103 Å². The van der Waals surface area contributed by atoms with E-state index in [2.05, 4.69) is 105 Å². The number of rotatable bonds is 3. The maximum atomic E-state index is 7.72. The van der Waals surface area contributed by atoms with E-state index in [4.69, 9.17) is 9.10 Å². The lowest BCUT2D eigenvalue weighted by molar-refractivity contribution is 0.590. The number of fused-ring (bicyclic) bond motifs is 4. The molecule has 0 bridgehead atoms. The van der Waals surface area contributed by atoms with Gasteiger partial charge in [-0.15, -0.1) is 11.3 Å². The molecule has 2 heterocycles. The molecule has 7 aromatic rings. The molecule has 0 saturated carbocycles. The molecule has 0 spiro atoms. The lowest BCUT2D eigenvalue weighted by Crippen LogP contribution is -2.11. The molecule has 0 aliphatic heterocycles. The Kier molecular flexibility index (Phi) is 4.95. The number of para-hydroxylation sites is 2. The van der Waals surface area contributed by atoms with Crippen molar-refractivity contribution in [3.63, 3.8) is 0 Å². The molecule has 0 N–H and O–H groups in total. The first kappa shape index (κ1) is 21.6. The number of nitrogens with zero attached hydrogens (tertiary/aromatic N) is 2. The molecule has 7 rings (SSSR count). The van der Waals surface area contributed by atoms with Crippen molar-refractivity contribution in [1.29, 1.82) is 0 Å². The van der Waals surface area contributed by atoms with Gasteiger partial charge in [-0.05, 0) is 96.0 Å². The Morgan fingerprint density at radius 1 is 0.750 bits per heavy atom. The van der Waals surface area contributed by atoms with Gasteiger partial charge < -0.3 is 0 Å². The number of aromatic nitrogens is 2. The summed E-state index contributed by atoms with van der Waals surface area (Å²) in [4.78, 5) is 5.13. The lowest BCUT2D eigenvalue weighted by Gasteiger charge is -2.19. The fourth-order valence-corrected chi connectivity index (χ4v) is 6.74. The van der Waals surface area contributed by atoms with E-state index in [1.165, 1.54) is 31.3 Å². The van der Waals surface area contributed by atoms with Gasteiger partial charge in [0, 0.05) is 35.5 Å². The highest BCUT2D eigenvalue weighted by Gasteiger charge is 2.18. The Hall–Kier alpha value is -4.21. The van der Waals surface area contributed by atoms with Crippen molar-refractivity contribution in [2.45, 2.75) is 40.0 Å². The zero-order chi connectivity index (χ0) is 30.1. The summed E-state index contributed by atoms with van der Waals surface area (Å²) in [5.41, 5.74) is 9.23. The smallest absolute Gasteiger partial charge is 0.145 e. The Bertz CT molecular complexity index is 2140. The molecule has 3 heteroatoms. The summed E-state index contributed by atoms with van der Waals surface area (Å²) >= 11 is 1.81. The summed E-state index contributed by atoms with van der Waals surface area (Å²) in [5, 5.41) is 2.40. The number of thiophene rings is 1. The fourth-order valence-electron chi connectivity index (χ4n) is 5.61. The van der Waals surface area contributed by atoms with E-state index < -0.39 is 6.85 Å². The molecule has 196 valence electrons. The molecule has 0 fully saturated rings. The van der Waals surface area contributed by atoms with Crippen LogP contribution in [0.2, 0.25) is 0 Å². The van der Waals surface area contributed by atoms with Crippen molar-refractivity contribution in [3.8, 4) is 28.2 Å². The second-order valence-corrected chi connectivity index (χ2v) is 12.7. The van der Waals surface area contributed by atoms with E-state index in [0.29, 0.717) is 5.56 Å². The summed E-state index contributed by atoms with van der Waals surface area (Å²) in [6.45, 7) is 6.75.